The van der Waals surface area contributed by atoms with E-state index >= 15 is 0 Å². The molecule has 0 fully saturated rings. The van der Waals surface area contributed by atoms with Gasteiger partial charge in [-0.2, -0.15) is 0 Å². The maximum atomic E-state index is 6.03. The first-order valence-electron chi connectivity index (χ1n) is 11.2. The van der Waals surface area contributed by atoms with E-state index in [4.69, 9.17) is 9.47 Å². The third-order valence-corrected chi connectivity index (χ3v) is 7.93. The topological polar surface area (TPSA) is 18.5 Å². The fourth-order valence-electron chi connectivity index (χ4n) is 4.42. The summed E-state index contributed by atoms with van der Waals surface area (Å²) in [5.74, 6) is 0. The van der Waals surface area contributed by atoms with Gasteiger partial charge in [-0.15, -0.1) is 22.7 Å². The van der Waals surface area contributed by atoms with Crippen molar-refractivity contribution in [3.8, 4) is 20.9 Å². The van der Waals surface area contributed by atoms with Crippen LogP contribution in [0.4, 0.5) is 0 Å². The Bertz CT molecular complexity index is 1120. The van der Waals surface area contributed by atoms with Gasteiger partial charge >= 0.3 is 0 Å². The molecular formula is C28H32O2S2. The summed E-state index contributed by atoms with van der Waals surface area (Å²) in [6.45, 7) is 14.1. The van der Waals surface area contributed by atoms with Gasteiger partial charge in [0.15, 0.2) is 0 Å². The van der Waals surface area contributed by atoms with Crippen LogP contribution in [0.2, 0.25) is 0 Å². The highest BCUT2D eigenvalue weighted by Crippen LogP contribution is 2.41. The fourth-order valence-corrected chi connectivity index (χ4v) is 6.51. The Kier molecular flexibility index (Phi) is 6.60. The maximum absolute atomic E-state index is 6.03. The summed E-state index contributed by atoms with van der Waals surface area (Å²) >= 11 is 3.56. The van der Waals surface area contributed by atoms with Crippen molar-refractivity contribution in [2.45, 2.75) is 52.7 Å². The smallest absolute Gasteiger partial charge is 0.0889 e. The lowest BCUT2D eigenvalue weighted by atomic mass is 9.93. The van der Waals surface area contributed by atoms with Crippen LogP contribution < -0.4 is 0 Å². The van der Waals surface area contributed by atoms with Crippen LogP contribution in [-0.4, -0.2) is 13.2 Å². The molecule has 32 heavy (non-hydrogen) atoms. The molecule has 0 radical (unpaired) electrons. The highest BCUT2D eigenvalue weighted by Gasteiger charge is 2.27. The fraction of sp³-hybridized carbons (Fsp3) is 0.357. The third-order valence-electron chi connectivity index (χ3n) is 6.00. The van der Waals surface area contributed by atoms with Crippen LogP contribution >= 0.6 is 22.7 Å². The van der Waals surface area contributed by atoms with E-state index < -0.39 is 0 Å². The molecule has 0 unspecified atom stereocenters. The van der Waals surface area contributed by atoms with Crippen LogP contribution in [0.5, 0.6) is 0 Å². The van der Waals surface area contributed by atoms with Crippen molar-refractivity contribution in [3.05, 3.63) is 70.4 Å². The molecule has 0 aliphatic heterocycles. The average Bonchev–Trinajstić information content (AvgIpc) is 3.43. The monoisotopic (exact) mass is 464 g/mol. The quantitative estimate of drug-likeness (QED) is 0.259. The zero-order valence-electron chi connectivity index (χ0n) is 19.8. The lowest BCUT2D eigenvalue weighted by Crippen LogP contribution is -2.21. The van der Waals surface area contributed by atoms with E-state index in [-0.39, 0.29) is 11.2 Å². The van der Waals surface area contributed by atoms with Crippen molar-refractivity contribution in [3.63, 3.8) is 0 Å². The molecule has 2 nitrogen and oxygen atoms in total. The van der Waals surface area contributed by atoms with Gasteiger partial charge in [0.1, 0.15) is 0 Å². The molecule has 2 heterocycles. The van der Waals surface area contributed by atoms with Crippen molar-refractivity contribution in [1.29, 1.82) is 0 Å². The Balaban J connectivity index is 1.72. The Labute approximate surface area is 199 Å². The molecule has 2 aromatic heterocycles. The number of benzene rings is 2. The zero-order chi connectivity index (χ0) is 22.9. The van der Waals surface area contributed by atoms with Gasteiger partial charge in [0, 0.05) is 34.1 Å². The molecule has 0 saturated heterocycles. The second kappa shape index (κ2) is 9.11. The summed E-state index contributed by atoms with van der Waals surface area (Å²) in [5.41, 5.74) is 4.40. The van der Waals surface area contributed by atoms with Crippen LogP contribution in [0.1, 0.15) is 52.7 Å². The number of ether oxygens (including phenoxy) is 2. The van der Waals surface area contributed by atoms with Gasteiger partial charge in [-0.1, -0.05) is 24.3 Å². The Morgan fingerprint density at radius 1 is 0.625 bits per heavy atom. The highest BCUT2D eigenvalue weighted by molar-refractivity contribution is 7.14. The van der Waals surface area contributed by atoms with E-state index in [1.165, 1.54) is 42.8 Å². The minimum atomic E-state index is -0.300. The molecule has 0 spiro atoms. The largest absolute Gasteiger partial charge is 0.371 e. The van der Waals surface area contributed by atoms with Gasteiger partial charge < -0.3 is 9.47 Å². The van der Waals surface area contributed by atoms with Crippen molar-refractivity contribution in [2.24, 2.45) is 0 Å². The van der Waals surface area contributed by atoms with E-state index in [0.29, 0.717) is 13.2 Å². The number of thiophene rings is 2. The second-order valence-corrected chi connectivity index (χ2v) is 10.8. The standard InChI is InChI=1S/C28H32O2S2/c1-7-29-27(3,4)23-13-15-31-25(23)21-11-9-20-18-22(12-10-19(20)17-21)26-24(14-16-32-26)28(5,6)30-8-2/h9-18H,7-8H2,1-6H3. The minimum absolute atomic E-state index is 0.300. The average molecular weight is 465 g/mol. The number of fused-ring (bicyclic) bond motifs is 1. The molecule has 0 N–H and O–H groups in total. The summed E-state index contributed by atoms with van der Waals surface area (Å²) in [6.07, 6.45) is 0. The first-order chi connectivity index (χ1) is 15.3. The Morgan fingerprint density at radius 2 is 1.03 bits per heavy atom. The Hall–Kier alpha value is -1.98. The van der Waals surface area contributed by atoms with E-state index in [0.717, 1.165) is 0 Å². The summed E-state index contributed by atoms with van der Waals surface area (Å²) in [4.78, 5) is 2.57. The van der Waals surface area contributed by atoms with Gasteiger partial charge in [0.05, 0.1) is 11.2 Å². The van der Waals surface area contributed by atoms with E-state index in [9.17, 15) is 0 Å². The number of hydrogen-bond acceptors (Lipinski definition) is 4. The lowest BCUT2D eigenvalue weighted by molar-refractivity contribution is -0.0136. The van der Waals surface area contributed by atoms with Crippen molar-refractivity contribution >= 4 is 33.4 Å². The number of rotatable bonds is 8. The zero-order valence-corrected chi connectivity index (χ0v) is 21.5. The lowest BCUT2D eigenvalue weighted by Gasteiger charge is -2.26. The normalized spacial score (nSPS) is 12.6. The summed E-state index contributed by atoms with van der Waals surface area (Å²) in [6, 6.07) is 18.0. The molecule has 4 aromatic rings. The maximum Gasteiger partial charge on any atom is 0.0889 e. The minimum Gasteiger partial charge on any atom is -0.371 e. The highest BCUT2D eigenvalue weighted by atomic mass is 32.1. The van der Waals surface area contributed by atoms with Gasteiger partial charge in [-0.05, 0) is 98.5 Å². The summed E-state index contributed by atoms with van der Waals surface area (Å²) in [5, 5.41) is 6.83. The third kappa shape index (κ3) is 4.42. The van der Waals surface area contributed by atoms with Crippen molar-refractivity contribution in [1.82, 2.24) is 0 Å². The first kappa shape index (κ1) is 23.2. The predicted octanol–water partition coefficient (Wildman–Crippen LogP) is 8.84. The molecule has 2 aromatic carbocycles. The molecule has 168 valence electrons. The van der Waals surface area contributed by atoms with Crippen molar-refractivity contribution < 1.29 is 9.47 Å². The van der Waals surface area contributed by atoms with Crippen molar-refractivity contribution in [2.75, 3.05) is 13.2 Å². The van der Waals surface area contributed by atoms with Gasteiger partial charge in [0.2, 0.25) is 0 Å². The van der Waals surface area contributed by atoms with Crippen LogP contribution in [-0.2, 0) is 20.7 Å². The Morgan fingerprint density at radius 3 is 1.41 bits per heavy atom. The first-order valence-corrected chi connectivity index (χ1v) is 13.0. The van der Waals surface area contributed by atoms with E-state index in [1.54, 1.807) is 22.7 Å². The van der Waals surface area contributed by atoms with Crippen LogP contribution in [0.25, 0.3) is 31.7 Å². The molecule has 0 bridgehead atoms. The molecule has 4 heteroatoms. The molecular weight excluding hydrogens is 432 g/mol. The second-order valence-electron chi connectivity index (χ2n) is 8.99. The molecule has 0 saturated carbocycles. The molecule has 0 aliphatic rings. The molecule has 4 rings (SSSR count). The van der Waals surface area contributed by atoms with Gasteiger partial charge in [-0.3, -0.25) is 0 Å². The molecule has 0 amide bonds. The summed E-state index contributed by atoms with van der Waals surface area (Å²) in [7, 11) is 0. The van der Waals surface area contributed by atoms with E-state index in [1.807, 2.05) is 0 Å². The molecule has 0 atom stereocenters. The van der Waals surface area contributed by atoms with E-state index in [2.05, 4.69) is 101 Å². The molecule has 0 aliphatic carbocycles. The SMILES string of the molecule is CCOC(C)(C)c1ccsc1-c1ccc2cc(-c3sccc3C(C)(C)OCC)ccc2c1. The van der Waals surface area contributed by atoms with Crippen LogP contribution in [0, 0.1) is 0 Å². The van der Waals surface area contributed by atoms with Gasteiger partial charge in [0.25, 0.3) is 0 Å². The van der Waals surface area contributed by atoms with Crippen LogP contribution in [0.3, 0.4) is 0 Å². The number of hydrogen-bond donors (Lipinski definition) is 0. The van der Waals surface area contributed by atoms with Gasteiger partial charge in [-0.25, -0.2) is 0 Å². The predicted molar refractivity (Wildman–Crippen MR) is 140 cm³/mol. The van der Waals surface area contributed by atoms with Crippen LogP contribution in [0.15, 0.2) is 59.3 Å². The summed E-state index contributed by atoms with van der Waals surface area (Å²) < 4.78 is 12.1.